The standard InChI is InChI=1S/C20H31N5O3S/c1-6-24(7-2)19-11-10-16(13-21-19)14-22-20(26)18-12-17(15-23(18)5)29(27,28)25(8-3)9-4/h10-13,15H,6-9,14H2,1-5H3,(H,22,26). The zero-order valence-corrected chi connectivity index (χ0v) is 18.7. The van der Waals surface area contributed by atoms with Gasteiger partial charge in [-0.25, -0.2) is 13.4 Å². The Morgan fingerprint density at radius 2 is 1.76 bits per heavy atom. The third-order valence-electron chi connectivity index (χ3n) is 4.91. The van der Waals surface area contributed by atoms with E-state index in [0.29, 0.717) is 25.3 Å². The van der Waals surface area contributed by atoms with Crippen LogP contribution in [0, 0.1) is 0 Å². The topological polar surface area (TPSA) is 87.5 Å². The molecule has 0 radical (unpaired) electrons. The smallest absolute Gasteiger partial charge is 0.268 e. The minimum Gasteiger partial charge on any atom is -0.357 e. The zero-order chi connectivity index (χ0) is 21.6. The van der Waals surface area contributed by atoms with Crippen LogP contribution in [-0.4, -0.2) is 54.4 Å². The number of carbonyl (C=O) groups is 1. The molecule has 2 heterocycles. The number of hydrogen-bond donors (Lipinski definition) is 1. The summed E-state index contributed by atoms with van der Waals surface area (Å²) in [5.41, 5.74) is 1.17. The van der Waals surface area contributed by atoms with Gasteiger partial charge in [-0.15, -0.1) is 0 Å². The molecule has 0 fully saturated rings. The number of aromatic nitrogens is 2. The lowest BCUT2D eigenvalue weighted by Crippen LogP contribution is -2.30. The highest BCUT2D eigenvalue weighted by molar-refractivity contribution is 7.89. The molecule has 0 unspecified atom stereocenters. The summed E-state index contributed by atoms with van der Waals surface area (Å²) in [6.45, 7) is 10.6. The zero-order valence-electron chi connectivity index (χ0n) is 17.8. The number of hydrogen-bond acceptors (Lipinski definition) is 5. The van der Waals surface area contributed by atoms with E-state index in [4.69, 9.17) is 0 Å². The van der Waals surface area contributed by atoms with Crippen molar-refractivity contribution in [1.29, 1.82) is 0 Å². The molecule has 2 aromatic rings. The summed E-state index contributed by atoms with van der Waals surface area (Å²) >= 11 is 0. The van der Waals surface area contributed by atoms with Crippen LogP contribution in [0.1, 0.15) is 43.7 Å². The van der Waals surface area contributed by atoms with Gasteiger partial charge in [0.15, 0.2) is 0 Å². The molecule has 29 heavy (non-hydrogen) atoms. The van der Waals surface area contributed by atoms with Gasteiger partial charge in [-0.2, -0.15) is 4.31 Å². The molecule has 0 aliphatic rings. The molecular formula is C20H31N5O3S. The van der Waals surface area contributed by atoms with Crippen molar-refractivity contribution in [2.24, 2.45) is 7.05 Å². The van der Waals surface area contributed by atoms with Crippen molar-refractivity contribution >= 4 is 21.7 Å². The van der Waals surface area contributed by atoms with E-state index in [9.17, 15) is 13.2 Å². The second-order valence-electron chi connectivity index (χ2n) is 6.64. The minimum atomic E-state index is -3.60. The van der Waals surface area contributed by atoms with Gasteiger partial charge >= 0.3 is 0 Å². The fourth-order valence-electron chi connectivity index (χ4n) is 3.14. The monoisotopic (exact) mass is 421 g/mol. The van der Waals surface area contributed by atoms with Crippen LogP contribution >= 0.6 is 0 Å². The predicted molar refractivity (Wildman–Crippen MR) is 114 cm³/mol. The number of aryl methyl sites for hydroxylation is 1. The van der Waals surface area contributed by atoms with Crippen molar-refractivity contribution in [3.8, 4) is 0 Å². The molecule has 0 atom stereocenters. The Morgan fingerprint density at radius 1 is 1.10 bits per heavy atom. The number of amides is 1. The summed E-state index contributed by atoms with van der Waals surface area (Å²) in [6, 6.07) is 5.29. The Labute approximate surface area is 173 Å². The van der Waals surface area contributed by atoms with Crippen LogP contribution in [0.3, 0.4) is 0 Å². The first kappa shape index (κ1) is 22.9. The van der Waals surface area contributed by atoms with Crippen LogP contribution in [0.25, 0.3) is 0 Å². The summed E-state index contributed by atoms with van der Waals surface area (Å²) in [5, 5.41) is 2.83. The summed E-state index contributed by atoms with van der Waals surface area (Å²) in [5.74, 6) is 0.570. The van der Waals surface area contributed by atoms with E-state index in [0.717, 1.165) is 24.5 Å². The first-order valence-electron chi connectivity index (χ1n) is 9.92. The molecule has 0 spiro atoms. The van der Waals surface area contributed by atoms with Crippen LogP contribution in [0.15, 0.2) is 35.5 Å². The molecule has 0 aliphatic carbocycles. The van der Waals surface area contributed by atoms with E-state index < -0.39 is 10.0 Å². The summed E-state index contributed by atoms with van der Waals surface area (Å²) in [7, 11) is -1.94. The molecule has 0 aliphatic heterocycles. The fourth-order valence-corrected chi connectivity index (χ4v) is 4.67. The molecule has 1 N–H and O–H groups in total. The predicted octanol–water partition coefficient (Wildman–Crippen LogP) is 2.23. The molecule has 9 heteroatoms. The van der Waals surface area contributed by atoms with Gasteiger partial charge in [-0.05, 0) is 31.5 Å². The highest BCUT2D eigenvalue weighted by Gasteiger charge is 2.25. The van der Waals surface area contributed by atoms with Gasteiger partial charge in [-0.3, -0.25) is 4.79 Å². The summed E-state index contributed by atoms with van der Waals surface area (Å²) < 4.78 is 28.2. The molecule has 1 amide bonds. The lowest BCUT2D eigenvalue weighted by atomic mass is 10.2. The van der Waals surface area contributed by atoms with Gasteiger partial charge in [0.05, 0.1) is 0 Å². The molecule has 0 aromatic carbocycles. The lowest BCUT2D eigenvalue weighted by molar-refractivity contribution is 0.0942. The molecule has 0 saturated carbocycles. The Hall–Kier alpha value is -2.39. The Bertz CT molecular complexity index is 914. The van der Waals surface area contributed by atoms with Crippen molar-refractivity contribution in [2.45, 2.75) is 39.1 Å². The number of rotatable bonds is 10. The van der Waals surface area contributed by atoms with Gasteiger partial charge in [0.2, 0.25) is 10.0 Å². The maximum absolute atomic E-state index is 12.7. The van der Waals surface area contributed by atoms with Crippen molar-refractivity contribution in [2.75, 3.05) is 31.1 Å². The Kier molecular flexibility index (Phi) is 7.80. The van der Waals surface area contributed by atoms with E-state index in [1.165, 1.54) is 21.1 Å². The first-order valence-corrected chi connectivity index (χ1v) is 11.4. The third-order valence-corrected chi connectivity index (χ3v) is 6.92. The SMILES string of the molecule is CCN(CC)c1ccc(CNC(=O)c2cc(S(=O)(=O)N(CC)CC)cn2C)cn1. The number of anilines is 1. The Balaban J connectivity index is 2.09. The average molecular weight is 422 g/mol. The third kappa shape index (κ3) is 5.16. The summed E-state index contributed by atoms with van der Waals surface area (Å²) in [4.78, 5) is 19.3. The fraction of sp³-hybridized carbons (Fsp3) is 0.500. The maximum atomic E-state index is 12.7. The van der Waals surface area contributed by atoms with E-state index in [1.807, 2.05) is 12.1 Å². The van der Waals surface area contributed by atoms with Gasteiger partial charge in [0, 0.05) is 52.2 Å². The number of nitrogens with zero attached hydrogens (tertiary/aromatic N) is 4. The largest absolute Gasteiger partial charge is 0.357 e. The van der Waals surface area contributed by atoms with Gasteiger partial charge in [0.25, 0.3) is 5.91 Å². The van der Waals surface area contributed by atoms with Gasteiger partial charge in [-0.1, -0.05) is 19.9 Å². The van der Waals surface area contributed by atoms with Crippen LogP contribution in [-0.2, 0) is 23.6 Å². The van der Waals surface area contributed by atoms with Crippen molar-refractivity contribution < 1.29 is 13.2 Å². The first-order chi connectivity index (χ1) is 13.8. The lowest BCUT2D eigenvalue weighted by Gasteiger charge is -2.19. The van der Waals surface area contributed by atoms with Gasteiger partial charge < -0.3 is 14.8 Å². The van der Waals surface area contributed by atoms with Crippen LogP contribution < -0.4 is 10.2 Å². The summed E-state index contributed by atoms with van der Waals surface area (Å²) in [6.07, 6.45) is 3.22. The molecule has 2 rings (SSSR count). The number of carbonyl (C=O) groups excluding carboxylic acids is 1. The molecule has 160 valence electrons. The van der Waals surface area contributed by atoms with E-state index in [2.05, 4.69) is 29.0 Å². The van der Waals surface area contributed by atoms with Gasteiger partial charge in [0.1, 0.15) is 16.4 Å². The van der Waals surface area contributed by atoms with Crippen LogP contribution in [0.2, 0.25) is 0 Å². The highest BCUT2D eigenvalue weighted by Crippen LogP contribution is 2.18. The average Bonchev–Trinajstić information content (AvgIpc) is 3.11. The normalized spacial score (nSPS) is 11.7. The highest BCUT2D eigenvalue weighted by atomic mass is 32.2. The number of nitrogens with one attached hydrogen (secondary N) is 1. The second-order valence-corrected chi connectivity index (χ2v) is 8.58. The van der Waals surface area contributed by atoms with Crippen LogP contribution in [0.4, 0.5) is 5.82 Å². The quantitative estimate of drug-likeness (QED) is 0.636. The van der Waals surface area contributed by atoms with Crippen molar-refractivity contribution in [3.05, 3.63) is 41.9 Å². The molecule has 2 aromatic heterocycles. The van der Waals surface area contributed by atoms with E-state index in [1.54, 1.807) is 27.1 Å². The van der Waals surface area contributed by atoms with Crippen molar-refractivity contribution in [1.82, 2.24) is 19.2 Å². The Morgan fingerprint density at radius 3 is 2.28 bits per heavy atom. The molecular weight excluding hydrogens is 390 g/mol. The number of sulfonamides is 1. The molecule has 0 bridgehead atoms. The second kappa shape index (κ2) is 9.89. The van der Waals surface area contributed by atoms with Crippen molar-refractivity contribution in [3.63, 3.8) is 0 Å². The molecule has 0 saturated heterocycles. The van der Waals surface area contributed by atoms with Crippen LogP contribution in [0.5, 0.6) is 0 Å². The van der Waals surface area contributed by atoms with E-state index >= 15 is 0 Å². The molecule has 8 nitrogen and oxygen atoms in total. The van der Waals surface area contributed by atoms with E-state index in [-0.39, 0.29) is 10.8 Å². The number of pyridine rings is 1. The minimum absolute atomic E-state index is 0.124. The maximum Gasteiger partial charge on any atom is 0.268 e.